The molecule has 0 atom stereocenters. The summed E-state index contributed by atoms with van der Waals surface area (Å²) >= 11 is 5.52. The van der Waals surface area contributed by atoms with Gasteiger partial charge in [-0.05, 0) is 25.0 Å². The molecule has 15 heavy (non-hydrogen) atoms. The Labute approximate surface area is 94.9 Å². The van der Waals surface area contributed by atoms with Crippen molar-refractivity contribution in [2.24, 2.45) is 0 Å². The first kappa shape index (κ1) is 12.0. The SMILES string of the molecule is O=C(CCCCCl)NCc1ccccn1. The molecule has 1 amide bonds. The van der Waals surface area contributed by atoms with E-state index < -0.39 is 0 Å². The van der Waals surface area contributed by atoms with E-state index in [2.05, 4.69) is 10.3 Å². The van der Waals surface area contributed by atoms with Crippen LogP contribution in [0.15, 0.2) is 24.4 Å². The summed E-state index contributed by atoms with van der Waals surface area (Å²) in [7, 11) is 0. The molecule has 0 unspecified atom stereocenters. The molecule has 0 saturated carbocycles. The van der Waals surface area contributed by atoms with Gasteiger partial charge in [-0.15, -0.1) is 11.6 Å². The molecule has 1 rings (SSSR count). The van der Waals surface area contributed by atoms with Crippen molar-refractivity contribution in [3.8, 4) is 0 Å². The van der Waals surface area contributed by atoms with Crippen molar-refractivity contribution in [3.05, 3.63) is 30.1 Å². The molecule has 0 spiro atoms. The van der Waals surface area contributed by atoms with Crippen molar-refractivity contribution < 1.29 is 4.79 Å². The standard InChI is InChI=1S/C11H15ClN2O/c12-7-3-1-6-11(15)14-9-10-5-2-4-8-13-10/h2,4-5,8H,1,3,6-7,9H2,(H,14,15). The first-order valence-electron chi connectivity index (χ1n) is 5.05. The average molecular weight is 227 g/mol. The van der Waals surface area contributed by atoms with Crippen LogP contribution in [0.2, 0.25) is 0 Å². The summed E-state index contributed by atoms with van der Waals surface area (Å²) < 4.78 is 0. The number of alkyl halides is 1. The maximum Gasteiger partial charge on any atom is 0.220 e. The molecule has 3 nitrogen and oxygen atoms in total. The highest BCUT2D eigenvalue weighted by Crippen LogP contribution is 1.98. The topological polar surface area (TPSA) is 42.0 Å². The lowest BCUT2D eigenvalue weighted by molar-refractivity contribution is -0.121. The van der Waals surface area contributed by atoms with E-state index in [4.69, 9.17) is 11.6 Å². The number of hydrogen-bond donors (Lipinski definition) is 1. The van der Waals surface area contributed by atoms with Gasteiger partial charge in [-0.1, -0.05) is 6.07 Å². The molecule has 1 heterocycles. The van der Waals surface area contributed by atoms with Crippen molar-refractivity contribution in [1.82, 2.24) is 10.3 Å². The number of nitrogens with one attached hydrogen (secondary N) is 1. The van der Waals surface area contributed by atoms with E-state index in [0.717, 1.165) is 18.5 Å². The second-order valence-corrected chi connectivity index (χ2v) is 3.62. The summed E-state index contributed by atoms with van der Waals surface area (Å²) in [6.07, 6.45) is 3.99. The molecular formula is C11H15ClN2O. The summed E-state index contributed by atoms with van der Waals surface area (Å²) in [6, 6.07) is 5.65. The monoisotopic (exact) mass is 226 g/mol. The van der Waals surface area contributed by atoms with Crippen LogP contribution in [-0.4, -0.2) is 16.8 Å². The van der Waals surface area contributed by atoms with Gasteiger partial charge < -0.3 is 5.32 Å². The van der Waals surface area contributed by atoms with Crippen LogP contribution < -0.4 is 5.32 Å². The summed E-state index contributed by atoms with van der Waals surface area (Å²) in [4.78, 5) is 15.4. The highest BCUT2D eigenvalue weighted by Gasteiger charge is 2.00. The molecule has 0 saturated heterocycles. The van der Waals surface area contributed by atoms with E-state index in [-0.39, 0.29) is 5.91 Å². The van der Waals surface area contributed by atoms with E-state index in [1.165, 1.54) is 0 Å². The lowest BCUT2D eigenvalue weighted by Gasteiger charge is -2.03. The Bertz CT molecular complexity index is 290. The fraction of sp³-hybridized carbons (Fsp3) is 0.455. The first-order chi connectivity index (χ1) is 7.33. The normalized spacial score (nSPS) is 9.93. The summed E-state index contributed by atoms with van der Waals surface area (Å²) in [5.74, 6) is 0.679. The van der Waals surface area contributed by atoms with E-state index in [1.807, 2.05) is 18.2 Å². The quantitative estimate of drug-likeness (QED) is 0.596. The third-order valence-corrected chi connectivity index (χ3v) is 2.25. The summed E-state index contributed by atoms with van der Waals surface area (Å²) in [5, 5.41) is 2.81. The molecule has 0 bridgehead atoms. The number of halogens is 1. The second kappa shape index (κ2) is 7.23. The zero-order valence-electron chi connectivity index (χ0n) is 8.58. The highest BCUT2D eigenvalue weighted by atomic mass is 35.5. The average Bonchev–Trinajstić information content (AvgIpc) is 2.28. The fourth-order valence-corrected chi connectivity index (χ4v) is 1.35. The van der Waals surface area contributed by atoms with Crippen LogP contribution in [0.25, 0.3) is 0 Å². The third kappa shape index (κ3) is 5.37. The van der Waals surface area contributed by atoms with Gasteiger partial charge in [-0.2, -0.15) is 0 Å². The van der Waals surface area contributed by atoms with Crippen molar-refractivity contribution in [2.75, 3.05) is 5.88 Å². The zero-order chi connectivity index (χ0) is 10.9. The van der Waals surface area contributed by atoms with Crippen LogP contribution >= 0.6 is 11.6 Å². The molecule has 82 valence electrons. The van der Waals surface area contributed by atoms with Gasteiger partial charge in [0.05, 0.1) is 12.2 Å². The van der Waals surface area contributed by atoms with E-state index >= 15 is 0 Å². The lowest BCUT2D eigenvalue weighted by Crippen LogP contribution is -2.22. The Balaban J connectivity index is 2.17. The molecular weight excluding hydrogens is 212 g/mol. The van der Waals surface area contributed by atoms with Crippen LogP contribution in [0.5, 0.6) is 0 Å². The predicted octanol–water partition coefficient (Wildman–Crippen LogP) is 2.11. The Morgan fingerprint density at radius 3 is 2.93 bits per heavy atom. The number of unbranched alkanes of at least 4 members (excludes halogenated alkanes) is 1. The Kier molecular flexibility index (Phi) is 5.78. The van der Waals surface area contributed by atoms with Crippen molar-refractivity contribution in [3.63, 3.8) is 0 Å². The van der Waals surface area contributed by atoms with Gasteiger partial charge in [0.1, 0.15) is 0 Å². The zero-order valence-corrected chi connectivity index (χ0v) is 9.33. The minimum atomic E-state index is 0.0609. The Hall–Kier alpha value is -1.09. The number of carbonyl (C=O) groups excluding carboxylic acids is 1. The van der Waals surface area contributed by atoms with Gasteiger partial charge in [0.25, 0.3) is 0 Å². The van der Waals surface area contributed by atoms with Crippen LogP contribution in [0.1, 0.15) is 25.0 Å². The molecule has 0 aromatic carbocycles. The van der Waals surface area contributed by atoms with E-state index in [0.29, 0.717) is 18.8 Å². The first-order valence-corrected chi connectivity index (χ1v) is 5.59. The van der Waals surface area contributed by atoms with Crippen molar-refractivity contribution in [2.45, 2.75) is 25.8 Å². The molecule has 0 fully saturated rings. The van der Waals surface area contributed by atoms with Gasteiger partial charge in [0.2, 0.25) is 5.91 Å². The van der Waals surface area contributed by atoms with Crippen LogP contribution in [0.4, 0.5) is 0 Å². The molecule has 4 heteroatoms. The Morgan fingerprint density at radius 1 is 1.40 bits per heavy atom. The minimum Gasteiger partial charge on any atom is -0.350 e. The van der Waals surface area contributed by atoms with Crippen molar-refractivity contribution in [1.29, 1.82) is 0 Å². The van der Waals surface area contributed by atoms with Gasteiger partial charge in [0.15, 0.2) is 0 Å². The number of aromatic nitrogens is 1. The van der Waals surface area contributed by atoms with Gasteiger partial charge in [-0.25, -0.2) is 0 Å². The number of nitrogens with zero attached hydrogens (tertiary/aromatic N) is 1. The maximum absolute atomic E-state index is 11.3. The number of rotatable bonds is 6. The van der Waals surface area contributed by atoms with E-state index in [1.54, 1.807) is 6.20 Å². The number of carbonyl (C=O) groups is 1. The van der Waals surface area contributed by atoms with Crippen LogP contribution in [0, 0.1) is 0 Å². The fourth-order valence-electron chi connectivity index (χ4n) is 1.16. The van der Waals surface area contributed by atoms with Gasteiger partial charge in [0, 0.05) is 18.5 Å². The molecule has 0 radical (unpaired) electrons. The van der Waals surface area contributed by atoms with Crippen LogP contribution in [-0.2, 0) is 11.3 Å². The van der Waals surface area contributed by atoms with Gasteiger partial charge in [-0.3, -0.25) is 9.78 Å². The largest absolute Gasteiger partial charge is 0.350 e. The molecule has 0 aliphatic carbocycles. The molecule has 0 aliphatic heterocycles. The van der Waals surface area contributed by atoms with Crippen molar-refractivity contribution >= 4 is 17.5 Å². The third-order valence-electron chi connectivity index (χ3n) is 1.98. The molecule has 1 N–H and O–H groups in total. The molecule has 1 aromatic heterocycles. The smallest absolute Gasteiger partial charge is 0.220 e. The summed E-state index contributed by atoms with van der Waals surface area (Å²) in [5.41, 5.74) is 0.878. The maximum atomic E-state index is 11.3. The van der Waals surface area contributed by atoms with Gasteiger partial charge >= 0.3 is 0 Å². The summed E-state index contributed by atoms with van der Waals surface area (Å²) in [6.45, 7) is 0.501. The Morgan fingerprint density at radius 2 is 2.27 bits per heavy atom. The van der Waals surface area contributed by atoms with Crippen LogP contribution in [0.3, 0.4) is 0 Å². The number of pyridine rings is 1. The molecule has 0 aliphatic rings. The second-order valence-electron chi connectivity index (χ2n) is 3.24. The van der Waals surface area contributed by atoms with E-state index in [9.17, 15) is 4.79 Å². The minimum absolute atomic E-state index is 0.0609. The molecule has 1 aromatic rings. The predicted molar refractivity (Wildman–Crippen MR) is 60.7 cm³/mol. The highest BCUT2D eigenvalue weighted by molar-refractivity contribution is 6.17. The number of amides is 1. The number of hydrogen-bond acceptors (Lipinski definition) is 2. The lowest BCUT2D eigenvalue weighted by atomic mass is 10.2.